The van der Waals surface area contributed by atoms with Gasteiger partial charge in [0.25, 0.3) is 5.91 Å². The van der Waals surface area contributed by atoms with Crippen LogP contribution in [0.4, 0.5) is 11.8 Å². The van der Waals surface area contributed by atoms with Crippen LogP contribution in [0.3, 0.4) is 0 Å². The molecule has 1 aliphatic heterocycles. The van der Waals surface area contributed by atoms with Gasteiger partial charge in [-0.2, -0.15) is 10.1 Å². The summed E-state index contributed by atoms with van der Waals surface area (Å²) in [7, 11) is 1.60. The van der Waals surface area contributed by atoms with E-state index < -0.39 is 0 Å². The number of nitrogen functional groups attached to an aromatic ring is 1. The van der Waals surface area contributed by atoms with Gasteiger partial charge in [0.2, 0.25) is 5.95 Å². The number of rotatable bonds is 12. The highest BCUT2D eigenvalue weighted by Gasteiger charge is 2.19. The van der Waals surface area contributed by atoms with Crippen molar-refractivity contribution >= 4 is 28.7 Å². The van der Waals surface area contributed by atoms with E-state index in [0.29, 0.717) is 48.1 Å². The Labute approximate surface area is 217 Å². The minimum Gasteiger partial charge on any atom is -0.496 e. The summed E-state index contributed by atoms with van der Waals surface area (Å²) in [6, 6.07) is 5.52. The lowest BCUT2D eigenvalue weighted by molar-refractivity contribution is 0.0944. The van der Waals surface area contributed by atoms with Crippen molar-refractivity contribution in [2.24, 2.45) is 5.92 Å². The molecule has 1 unspecified atom stereocenters. The Balaban J connectivity index is 1.54. The smallest absolute Gasteiger partial charge is 0.251 e. The predicted molar refractivity (Wildman–Crippen MR) is 144 cm³/mol. The van der Waals surface area contributed by atoms with Gasteiger partial charge in [-0.25, -0.2) is 4.98 Å². The van der Waals surface area contributed by atoms with Crippen LogP contribution < -0.4 is 26.4 Å². The van der Waals surface area contributed by atoms with E-state index in [2.05, 4.69) is 37.9 Å². The van der Waals surface area contributed by atoms with E-state index in [1.54, 1.807) is 24.1 Å². The van der Waals surface area contributed by atoms with Gasteiger partial charge in [0.1, 0.15) is 16.8 Å². The molecule has 1 atom stereocenters. The lowest BCUT2D eigenvalue weighted by Crippen LogP contribution is -2.36. The van der Waals surface area contributed by atoms with Crippen LogP contribution in [0, 0.1) is 5.92 Å². The summed E-state index contributed by atoms with van der Waals surface area (Å²) in [5.74, 6) is 1.75. The molecule has 11 nitrogen and oxygen atoms in total. The Kier molecular flexibility index (Phi) is 9.13. The maximum absolute atomic E-state index is 12.8. The molecule has 1 aliphatic rings. The van der Waals surface area contributed by atoms with Crippen LogP contribution in [0.5, 0.6) is 5.75 Å². The summed E-state index contributed by atoms with van der Waals surface area (Å²) in [5, 5.41) is 23.9. The van der Waals surface area contributed by atoms with Crippen LogP contribution in [0.25, 0.3) is 11.0 Å². The summed E-state index contributed by atoms with van der Waals surface area (Å²) in [6.45, 7) is 5.25. The Hall–Kier alpha value is -3.44. The number of carbonyl (C=O) groups is 1. The molecule has 6 N–H and O–H groups in total. The van der Waals surface area contributed by atoms with Crippen LogP contribution in [-0.2, 0) is 6.54 Å². The van der Waals surface area contributed by atoms with Crippen molar-refractivity contribution in [1.29, 1.82) is 0 Å². The first-order valence-corrected chi connectivity index (χ1v) is 13.0. The number of aliphatic hydroxyl groups excluding tert-OH is 1. The third kappa shape index (κ3) is 6.66. The number of carbonyl (C=O) groups excluding carboxylic acids is 1. The van der Waals surface area contributed by atoms with Crippen LogP contribution in [0.2, 0.25) is 0 Å². The van der Waals surface area contributed by atoms with Crippen LogP contribution in [0.1, 0.15) is 54.9 Å². The molecule has 11 heteroatoms. The van der Waals surface area contributed by atoms with Gasteiger partial charge in [0, 0.05) is 30.3 Å². The number of fused-ring (bicyclic) bond motifs is 1. The van der Waals surface area contributed by atoms with Gasteiger partial charge in [0.15, 0.2) is 5.82 Å². The molecule has 1 fully saturated rings. The van der Waals surface area contributed by atoms with Crippen molar-refractivity contribution in [1.82, 2.24) is 30.4 Å². The monoisotopic (exact) mass is 510 g/mol. The lowest BCUT2D eigenvalue weighted by atomic mass is 9.98. The van der Waals surface area contributed by atoms with Crippen molar-refractivity contribution in [2.45, 2.75) is 51.6 Å². The normalized spacial score (nSPS) is 15.0. The van der Waals surface area contributed by atoms with E-state index in [4.69, 9.17) is 10.5 Å². The second-order valence-electron chi connectivity index (χ2n) is 9.54. The minimum absolute atomic E-state index is 0.0491. The first kappa shape index (κ1) is 26.6. The fraction of sp³-hybridized carbons (Fsp3) is 0.538. The summed E-state index contributed by atoms with van der Waals surface area (Å²) in [4.78, 5) is 21.6. The molecule has 0 saturated carbocycles. The van der Waals surface area contributed by atoms with Gasteiger partial charge in [0.05, 0.1) is 19.9 Å². The summed E-state index contributed by atoms with van der Waals surface area (Å²) in [5.41, 5.74) is 8.74. The van der Waals surface area contributed by atoms with E-state index in [-0.39, 0.29) is 24.5 Å². The van der Waals surface area contributed by atoms with Crippen molar-refractivity contribution in [2.75, 3.05) is 44.4 Å². The molecule has 1 amide bonds. The fourth-order valence-electron chi connectivity index (χ4n) is 4.83. The van der Waals surface area contributed by atoms with Crippen molar-refractivity contribution < 1.29 is 14.6 Å². The van der Waals surface area contributed by atoms with Gasteiger partial charge in [-0.3, -0.25) is 9.48 Å². The number of aromatic nitrogens is 4. The van der Waals surface area contributed by atoms with Crippen LogP contribution in [0.15, 0.2) is 24.4 Å². The number of benzene rings is 1. The number of nitrogens with two attached hydrogens (primary N) is 1. The molecule has 200 valence electrons. The van der Waals surface area contributed by atoms with E-state index in [0.717, 1.165) is 49.9 Å². The Morgan fingerprint density at radius 3 is 2.84 bits per heavy atom. The topological polar surface area (TPSA) is 152 Å². The quantitative estimate of drug-likeness (QED) is 0.247. The third-order valence-electron chi connectivity index (χ3n) is 6.84. The molecule has 4 rings (SSSR count). The number of hydrogen-bond donors (Lipinski definition) is 5. The second kappa shape index (κ2) is 12.7. The number of piperidine rings is 1. The molecule has 0 bridgehead atoms. The molecule has 1 saturated heterocycles. The Morgan fingerprint density at radius 2 is 2.11 bits per heavy atom. The molecule has 37 heavy (non-hydrogen) atoms. The van der Waals surface area contributed by atoms with E-state index in [1.807, 2.05) is 12.1 Å². The highest BCUT2D eigenvalue weighted by atomic mass is 16.5. The summed E-state index contributed by atoms with van der Waals surface area (Å²) < 4.78 is 7.44. The molecule has 2 aromatic heterocycles. The summed E-state index contributed by atoms with van der Waals surface area (Å²) >= 11 is 0. The van der Waals surface area contributed by atoms with E-state index in [1.165, 1.54) is 0 Å². The molecule has 1 aromatic carbocycles. The number of anilines is 2. The Bertz CT molecular complexity index is 1190. The molecular formula is C26H38N8O3. The highest BCUT2D eigenvalue weighted by Crippen LogP contribution is 2.27. The van der Waals surface area contributed by atoms with Gasteiger partial charge in [-0.15, -0.1) is 0 Å². The number of methoxy groups -OCH3 is 1. The van der Waals surface area contributed by atoms with E-state index in [9.17, 15) is 9.90 Å². The van der Waals surface area contributed by atoms with Crippen LogP contribution >= 0.6 is 0 Å². The number of ether oxygens (including phenoxy) is 1. The van der Waals surface area contributed by atoms with Gasteiger partial charge in [-0.05, 0) is 56.8 Å². The molecule has 3 heterocycles. The first-order valence-electron chi connectivity index (χ1n) is 13.0. The van der Waals surface area contributed by atoms with Crippen molar-refractivity contribution in [3.05, 3.63) is 35.5 Å². The zero-order valence-corrected chi connectivity index (χ0v) is 21.7. The number of nitrogens with one attached hydrogen (secondary N) is 3. The molecule has 0 spiro atoms. The van der Waals surface area contributed by atoms with E-state index >= 15 is 0 Å². The van der Waals surface area contributed by atoms with Crippen molar-refractivity contribution in [3.63, 3.8) is 0 Å². The highest BCUT2D eigenvalue weighted by molar-refractivity contribution is 5.94. The number of aliphatic hydroxyl groups is 1. The second-order valence-corrected chi connectivity index (χ2v) is 9.54. The third-order valence-corrected chi connectivity index (χ3v) is 6.84. The molecular weight excluding hydrogens is 472 g/mol. The number of amides is 1. The molecule has 0 radical (unpaired) electrons. The average Bonchev–Trinajstić information content (AvgIpc) is 3.30. The largest absolute Gasteiger partial charge is 0.496 e. The maximum atomic E-state index is 12.8. The van der Waals surface area contributed by atoms with Gasteiger partial charge in [-0.1, -0.05) is 19.4 Å². The zero-order valence-electron chi connectivity index (χ0n) is 21.7. The van der Waals surface area contributed by atoms with Gasteiger partial charge < -0.3 is 31.5 Å². The Morgan fingerprint density at radius 1 is 1.30 bits per heavy atom. The van der Waals surface area contributed by atoms with Gasteiger partial charge >= 0.3 is 0 Å². The lowest BCUT2D eigenvalue weighted by Gasteiger charge is -2.22. The average molecular weight is 511 g/mol. The zero-order chi connectivity index (χ0) is 26.2. The first-order chi connectivity index (χ1) is 18.0. The SMILES string of the molecule is CCCC(CCO)Nc1nc(N)nc2cnn(Cc3ccc(C(=O)NCC4CCNCC4)cc3OC)c12. The standard InChI is InChI=1S/C26H38N8O3/c1-3-4-20(9-12-35)31-24-23-21(32-26(27)33-24)15-30-34(23)16-19-6-5-18(13-22(19)37-2)25(36)29-14-17-7-10-28-11-8-17/h5-6,13,15,17,20,28,35H,3-4,7-12,14,16H2,1-2H3,(H,29,36)(H3,27,31,32,33). The maximum Gasteiger partial charge on any atom is 0.251 e. The number of nitrogens with zero attached hydrogens (tertiary/aromatic N) is 4. The summed E-state index contributed by atoms with van der Waals surface area (Å²) in [6.07, 6.45) is 6.26. The molecule has 3 aromatic rings. The minimum atomic E-state index is -0.103. The van der Waals surface area contributed by atoms with Crippen molar-refractivity contribution in [3.8, 4) is 5.75 Å². The van der Waals surface area contributed by atoms with Crippen LogP contribution in [-0.4, -0.2) is 70.2 Å². The predicted octanol–water partition coefficient (Wildman–Crippen LogP) is 2.16. The molecule has 0 aliphatic carbocycles. The fourth-order valence-corrected chi connectivity index (χ4v) is 4.83. The number of hydrogen-bond acceptors (Lipinski definition) is 9.